The maximum atomic E-state index is 4.25. The molecule has 48 valence electrons. The van der Waals surface area contributed by atoms with Crippen molar-refractivity contribution in [1.29, 1.82) is 0 Å². The van der Waals surface area contributed by atoms with Crippen LogP contribution in [-0.4, -0.2) is 14.2 Å². The van der Waals surface area contributed by atoms with Gasteiger partial charge in [0.2, 0.25) is 0 Å². The van der Waals surface area contributed by atoms with E-state index in [1.54, 1.807) is 14.2 Å². The van der Waals surface area contributed by atoms with E-state index >= 15 is 0 Å². The van der Waals surface area contributed by atoms with Gasteiger partial charge in [0.15, 0.2) is 0 Å². The molecule has 0 saturated heterocycles. The summed E-state index contributed by atoms with van der Waals surface area (Å²) in [5, 5.41) is 0. The summed E-state index contributed by atoms with van der Waals surface area (Å²) in [6.45, 7) is 4.36. The molecular formula is C6H17LiO. The minimum atomic E-state index is 0. The van der Waals surface area contributed by atoms with Crippen LogP contribution in [0.15, 0.2) is 0 Å². The molecule has 0 heterocycles. The summed E-state index contributed by atoms with van der Waals surface area (Å²) >= 11 is 0. The zero-order valence-electron chi connectivity index (χ0n) is 7.82. The molecule has 8 heavy (non-hydrogen) atoms. The number of methoxy groups -OCH3 is 1. The summed E-state index contributed by atoms with van der Waals surface area (Å²) in [5.41, 5.74) is 0. The third-order valence-electron chi connectivity index (χ3n) is 0.500. The second-order valence-electron chi connectivity index (χ2n) is 1.41. The third kappa shape index (κ3) is 83.5. The summed E-state index contributed by atoms with van der Waals surface area (Å²) in [6.07, 6.45) is 2.64. The molecule has 0 aliphatic rings. The maximum absolute atomic E-state index is 4.25. The molecule has 0 spiro atoms. The van der Waals surface area contributed by atoms with Crippen molar-refractivity contribution in [2.24, 2.45) is 0 Å². The van der Waals surface area contributed by atoms with Crippen molar-refractivity contribution in [1.82, 2.24) is 0 Å². The van der Waals surface area contributed by atoms with E-state index < -0.39 is 0 Å². The van der Waals surface area contributed by atoms with E-state index in [1.165, 1.54) is 12.8 Å². The van der Waals surface area contributed by atoms with Gasteiger partial charge in [0, 0.05) is 14.2 Å². The van der Waals surface area contributed by atoms with Gasteiger partial charge in [-0.1, -0.05) is 26.7 Å². The summed E-state index contributed by atoms with van der Waals surface area (Å²) in [4.78, 5) is 0. The SMILES string of the molecule is CCCC.COC.[H-].[Li+]. The molecule has 0 aromatic rings. The van der Waals surface area contributed by atoms with E-state index in [0.29, 0.717) is 0 Å². The third-order valence-corrected chi connectivity index (χ3v) is 0.500. The van der Waals surface area contributed by atoms with Crippen LogP contribution in [0.5, 0.6) is 0 Å². The Balaban J connectivity index is -0.0000000233. The average Bonchev–Trinajstić information content (AvgIpc) is 1.69. The Morgan fingerprint density at radius 2 is 1.25 bits per heavy atom. The molecule has 0 N–H and O–H groups in total. The van der Waals surface area contributed by atoms with Gasteiger partial charge in [0.25, 0.3) is 0 Å². The molecule has 0 saturated carbocycles. The van der Waals surface area contributed by atoms with Crippen molar-refractivity contribution in [3.8, 4) is 0 Å². The van der Waals surface area contributed by atoms with Crippen LogP contribution in [0.25, 0.3) is 0 Å². The summed E-state index contributed by atoms with van der Waals surface area (Å²) in [6, 6.07) is 0. The topological polar surface area (TPSA) is 9.23 Å². The molecule has 2 heteroatoms. The fourth-order valence-corrected chi connectivity index (χ4v) is 0. The number of hydrogen-bond donors (Lipinski definition) is 0. The molecular weight excluding hydrogens is 95.0 g/mol. The molecule has 0 unspecified atom stereocenters. The van der Waals surface area contributed by atoms with E-state index in [-0.39, 0.29) is 20.3 Å². The van der Waals surface area contributed by atoms with E-state index in [9.17, 15) is 0 Å². The Morgan fingerprint density at radius 1 is 1.12 bits per heavy atom. The zero-order valence-corrected chi connectivity index (χ0v) is 6.82. The zero-order chi connectivity index (χ0) is 6.12. The van der Waals surface area contributed by atoms with Crippen LogP contribution in [0.2, 0.25) is 0 Å². The van der Waals surface area contributed by atoms with Crippen LogP contribution >= 0.6 is 0 Å². The normalized spacial score (nSPS) is 6.00. The smallest absolute Gasteiger partial charge is 1.00 e. The Hall–Kier alpha value is 0.557. The summed E-state index contributed by atoms with van der Waals surface area (Å²) in [7, 11) is 3.25. The van der Waals surface area contributed by atoms with Gasteiger partial charge in [-0.2, -0.15) is 0 Å². The van der Waals surface area contributed by atoms with Crippen LogP contribution < -0.4 is 18.9 Å². The molecule has 0 aliphatic heterocycles. The van der Waals surface area contributed by atoms with Gasteiger partial charge in [-0.25, -0.2) is 0 Å². The molecule has 0 amide bonds. The van der Waals surface area contributed by atoms with E-state index in [0.717, 1.165) is 0 Å². The van der Waals surface area contributed by atoms with Crippen molar-refractivity contribution >= 4 is 0 Å². The quantitative estimate of drug-likeness (QED) is 0.403. The minimum absolute atomic E-state index is 0. The van der Waals surface area contributed by atoms with Crippen molar-refractivity contribution < 1.29 is 25.0 Å². The Labute approximate surface area is 66.5 Å². The summed E-state index contributed by atoms with van der Waals surface area (Å²) < 4.78 is 4.25. The molecule has 0 atom stereocenters. The molecule has 0 aromatic carbocycles. The van der Waals surface area contributed by atoms with Crippen molar-refractivity contribution in [3.05, 3.63) is 0 Å². The fraction of sp³-hybridized carbons (Fsp3) is 1.00. The minimum Gasteiger partial charge on any atom is -1.00 e. The van der Waals surface area contributed by atoms with Crippen molar-refractivity contribution in [2.45, 2.75) is 26.7 Å². The Morgan fingerprint density at radius 3 is 1.25 bits per heavy atom. The molecule has 1 nitrogen and oxygen atoms in total. The van der Waals surface area contributed by atoms with Gasteiger partial charge in [-0.3, -0.25) is 0 Å². The fourth-order valence-electron chi connectivity index (χ4n) is 0. The number of rotatable bonds is 1. The van der Waals surface area contributed by atoms with Gasteiger partial charge in [0.05, 0.1) is 0 Å². The largest absolute Gasteiger partial charge is 1.00 e. The van der Waals surface area contributed by atoms with Crippen molar-refractivity contribution in [3.63, 3.8) is 0 Å². The number of unbranched alkanes of at least 4 members (excludes halogenated alkanes) is 1. The Bertz CT molecular complexity index is 20.5. The second-order valence-corrected chi connectivity index (χ2v) is 1.41. The first kappa shape index (κ1) is 15.8. The predicted octanol–water partition coefficient (Wildman–Crippen LogP) is -0.814. The second kappa shape index (κ2) is 25.7. The predicted molar refractivity (Wildman–Crippen MR) is 34.6 cm³/mol. The standard InChI is InChI=1S/C4H10.C2H6O.Li.H/c1-3-4-2;1-3-2;;/h3-4H2,1-2H3;1-2H3;;/q;;+1;-1. The van der Waals surface area contributed by atoms with E-state index in [2.05, 4.69) is 18.6 Å². The van der Waals surface area contributed by atoms with Crippen LogP contribution in [-0.2, 0) is 4.74 Å². The van der Waals surface area contributed by atoms with Gasteiger partial charge in [-0.15, -0.1) is 0 Å². The first-order valence-corrected chi connectivity index (χ1v) is 2.73. The molecule has 0 aromatic heterocycles. The Kier molecular flexibility index (Phi) is 50.8. The summed E-state index contributed by atoms with van der Waals surface area (Å²) in [5.74, 6) is 0. The van der Waals surface area contributed by atoms with Crippen LogP contribution in [0, 0.1) is 0 Å². The van der Waals surface area contributed by atoms with Crippen LogP contribution in [0.3, 0.4) is 0 Å². The van der Waals surface area contributed by atoms with Gasteiger partial charge in [0.1, 0.15) is 0 Å². The van der Waals surface area contributed by atoms with E-state index in [4.69, 9.17) is 0 Å². The molecule has 0 aliphatic carbocycles. The van der Waals surface area contributed by atoms with Crippen molar-refractivity contribution in [2.75, 3.05) is 14.2 Å². The number of ether oxygens (including phenoxy) is 1. The monoisotopic (exact) mass is 112 g/mol. The van der Waals surface area contributed by atoms with Gasteiger partial charge in [-0.05, 0) is 0 Å². The first-order chi connectivity index (χ1) is 3.33. The molecule has 0 bridgehead atoms. The molecule has 0 radical (unpaired) electrons. The average molecular weight is 112 g/mol. The van der Waals surface area contributed by atoms with Crippen LogP contribution in [0.1, 0.15) is 28.1 Å². The number of hydrogen-bond acceptors (Lipinski definition) is 1. The van der Waals surface area contributed by atoms with Crippen LogP contribution in [0.4, 0.5) is 0 Å². The van der Waals surface area contributed by atoms with E-state index in [1.807, 2.05) is 0 Å². The molecule has 0 rings (SSSR count). The first-order valence-electron chi connectivity index (χ1n) is 2.73. The molecule has 0 fully saturated rings. The van der Waals surface area contributed by atoms with Gasteiger partial charge >= 0.3 is 18.9 Å². The maximum Gasteiger partial charge on any atom is 1.00 e. The van der Waals surface area contributed by atoms with Gasteiger partial charge < -0.3 is 6.16 Å².